The average Bonchev–Trinajstić information content (AvgIpc) is 3.05. The van der Waals surface area contributed by atoms with E-state index in [1.54, 1.807) is 18.2 Å². The van der Waals surface area contributed by atoms with E-state index in [1.165, 1.54) is 39.7 Å². The molecule has 11 heteroatoms. The summed E-state index contributed by atoms with van der Waals surface area (Å²) in [6.07, 6.45) is 2.99. The van der Waals surface area contributed by atoms with Crippen LogP contribution in [0.25, 0.3) is 6.08 Å². The first kappa shape index (κ1) is 23.4. The standard InChI is InChI=1S/C21H20ClN3O6S/c1-29-14-8-12(9-15(30-2)18(14)31-3)10-16-20(27)25(21(28)32-16)7-6-24-19(26)13-4-5-23-17(22)11-13/h4-5,8-11H,6-7H2,1-3H3,(H,24,26)/b16-10-. The molecule has 1 aliphatic heterocycles. The first-order chi connectivity index (χ1) is 15.4. The van der Waals surface area contributed by atoms with Crippen molar-refractivity contribution < 1.29 is 28.6 Å². The van der Waals surface area contributed by atoms with Gasteiger partial charge >= 0.3 is 0 Å². The number of aromatic nitrogens is 1. The molecule has 3 rings (SSSR count). The van der Waals surface area contributed by atoms with Crippen LogP contribution in [-0.2, 0) is 4.79 Å². The van der Waals surface area contributed by atoms with Crippen LogP contribution in [0, 0.1) is 0 Å². The summed E-state index contributed by atoms with van der Waals surface area (Å²) in [6.45, 7) is 0.121. The molecule has 1 fully saturated rings. The van der Waals surface area contributed by atoms with Gasteiger partial charge in [0.1, 0.15) is 5.15 Å². The van der Waals surface area contributed by atoms with E-state index in [0.29, 0.717) is 28.4 Å². The van der Waals surface area contributed by atoms with Gasteiger partial charge in [0.15, 0.2) is 11.5 Å². The van der Waals surface area contributed by atoms with Crippen LogP contribution in [0.5, 0.6) is 17.2 Å². The summed E-state index contributed by atoms with van der Waals surface area (Å²) in [5, 5.41) is 2.43. The molecule has 0 atom stereocenters. The Bertz CT molecular complexity index is 1070. The van der Waals surface area contributed by atoms with Gasteiger partial charge in [-0.2, -0.15) is 0 Å². The van der Waals surface area contributed by atoms with E-state index in [9.17, 15) is 14.4 Å². The number of nitrogens with one attached hydrogen (secondary N) is 1. The monoisotopic (exact) mass is 477 g/mol. The van der Waals surface area contributed by atoms with Crippen molar-refractivity contribution in [3.05, 3.63) is 51.6 Å². The summed E-state index contributed by atoms with van der Waals surface area (Å²) in [7, 11) is 4.47. The number of benzene rings is 1. The Balaban J connectivity index is 1.69. The third kappa shape index (κ3) is 5.14. The van der Waals surface area contributed by atoms with Gasteiger partial charge in [-0.3, -0.25) is 19.3 Å². The number of pyridine rings is 1. The summed E-state index contributed by atoms with van der Waals surface area (Å²) in [5.74, 6) is 0.447. The van der Waals surface area contributed by atoms with E-state index in [0.717, 1.165) is 16.7 Å². The van der Waals surface area contributed by atoms with Gasteiger partial charge in [-0.1, -0.05) is 11.6 Å². The first-order valence-electron chi connectivity index (χ1n) is 9.33. The molecule has 1 aliphatic rings. The molecule has 0 bridgehead atoms. The van der Waals surface area contributed by atoms with Gasteiger partial charge in [0.2, 0.25) is 5.75 Å². The highest BCUT2D eigenvalue weighted by Gasteiger charge is 2.34. The Kier molecular flexibility index (Phi) is 7.60. The minimum absolute atomic E-state index is 0.0296. The molecule has 1 aromatic carbocycles. The lowest BCUT2D eigenvalue weighted by molar-refractivity contribution is -0.122. The number of rotatable bonds is 8. The molecular formula is C21H20ClN3O6S. The fourth-order valence-corrected chi connectivity index (χ4v) is 3.99. The molecule has 9 nitrogen and oxygen atoms in total. The predicted molar refractivity (Wildman–Crippen MR) is 120 cm³/mol. The minimum Gasteiger partial charge on any atom is -0.493 e. The molecule has 0 unspecified atom stereocenters. The zero-order valence-electron chi connectivity index (χ0n) is 17.5. The largest absolute Gasteiger partial charge is 0.493 e. The maximum atomic E-state index is 12.7. The average molecular weight is 478 g/mol. The van der Waals surface area contributed by atoms with Crippen molar-refractivity contribution in [2.45, 2.75) is 0 Å². The van der Waals surface area contributed by atoms with Gasteiger partial charge in [0, 0.05) is 24.8 Å². The molecule has 0 spiro atoms. The lowest BCUT2D eigenvalue weighted by Crippen LogP contribution is -2.37. The van der Waals surface area contributed by atoms with Crippen LogP contribution in [0.1, 0.15) is 15.9 Å². The van der Waals surface area contributed by atoms with Gasteiger partial charge in [-0.05, 0) is 47.7 Å². The number of methoxy groups -OCH3 is 3. The van der Waals surface area contributed by atoms with Crippen LogP contribution in [0.3, 0.4) is 0 Å². The number of thioether (sulfide) groups is 1. The van der Waals surface area contributed by atoms with Crippen molar-refractivity contribution in [3.8, 4) is 17.2 Å². The Hall–Kier alpha value is -3.24. The summed E-state index contributed by atoms with van der Waals surface area (Å²) in [6, 6.07) is 6.30. The third-order valence-corrected chi connectivity index (χ3v) is 5.58. The zero-order chi connectivity index (χ0) is 23.3. The van der Waals surface area contributed by atoms with Crippen molar-refractivity contribution in [2.24, 2.45) is 0 Å². The van der Waals surface area contributed by atoms with E-state index in [2.05, 4.69) is 10.3 Å². The van der Waals surface area contributed by atoms with Crippen molar-refractivity contribution >= 4 is 46.5 Å². The number of hydrogen-bond acceptors (Lipinski definition) is 8. The smallest absolute Gasteiger partial charge is 0.293 e. The first-order valence-corrected chi connectivity index (χ1v) is 10.5. The second kappa shape index (κ2) is 10.4. The van der Waals surface area contributed by atoms with Gasteiger partial charge in [0.05, 0.1) is 26.2 Å². The number of ether oxygens (including phenoxy) is 3. The molecule has 1 aromatic heterocycles. The van der Waals surface area contributed by atoms with Gasteiger partial charge in [-0.25, -0.2) is 4.98 Å². The number of halogens is 1. The summed E-state index contributed by atoms with van der Waals surface area (Å²) in [4.78, 5) is 42.4. The minimum atomic E-state index is -0.449. The van der Waals surface area contributed by atoms with Gasteiger partial charge < -0.3 is 19.5 Å². The van der Waals surface area contributed by atoms with Crippen LogP contribution in [0.4, 0.5) is 4.79 Å². The van der Waals surface area contributed by atoms with Gasteiger partial charge in [0.25, 0.3) is 17.1 Å². The highest BCUT2D eigenvalue weighted by atomic mass is 35.5. The molecule has 168 valence electrons. The highest BCUT2D eigenvalue weighted by molar-refractivity contribution is 8.18. The van der Waals surface area contributed by atoms with Crippen molar-refractivity contribution in [3.63, 3.8) is 0 Å². The van der Waals surface area contributed by atoms with E-state index in [-0.39, 0.29) is 29.1 Å². The lowest BCUT2D eigenvalue weighted by Gasteiger charge is -2.13. The van der Waals surface area contributed by atoms with E-state index < -0.39 is 11.1 Å². The van der Waals surface area contributed by atoms with Crippen LogP contribution in [0.15, 0.2) is 35.4 Å². The molecular weight excluding hydrogens is 458 g/mol. The van der Waals surface area contributed by atoms with Crippen molar-refractivity contribution in [1.29, 1.82) is 0 Å². The molecule has 1 saturated heterocycles. The topological polar surface area (TPSA) is 107 Å². The number of amides is 3. The number of nitrogens with zero attached hydrogens (tertiary/aromatic N) is 2. The molecule has 32 heavy (non-hydrogen) atoms. The van der Waals surface area contributed by atoms with E-state index in [4.69, 9.17) is 25.8 Å². The SMILES string of the molecule is COc1cc(/C=C2\SC(=O)N(CCNC(=O)c3ccnc(Cl)c3)C2=O)cc(OC)c1OC. The Labute approximate surface area is 193 Å². The molecule has 0 saturated carbocycles. The quantitative estimate of drug-likeness (QED) is 0.456. The van der Waals surface area contributed by atoms with Crippen molar-refractivity contribution in [1.82, 2.24) is 15.2 Å². The van der Waals surface area contributed by atoms with E-state index in [1.807, 2.05) is 0 Å². The Morgan fingerprint density at radius 2 is 1.84 bits per heavy atom. The van der Waals surface area contributed by atoms with Crippen LogP contribution in [-0.4, -0.2) is 61.4 Å². The number of imide groups is 1. The second-order valence-corrected chi connectivity index (χ2v) is 7.80. The van der Waals surface area contributed by atoms with Crippen molar-refractivity contribution in [2.75, 3.05) is 34.4 Å². The molecule has 2 aromatic rings. The lowest BCUT2D eigenvalue weighted by atomic mass is 10.1. The normalized spacial score (nSPS) is 14.6. The molecule has 0 aliphatic carbocycles. The van der Waals surface area contributed by atoms with Gasteiger partial charge in [-0.15, -0.1) is 0 Å². The second-order valence-electron chi connectivity index (χ2n) is 6.42. The number of carbonyl (C=O) groups excluding carboxylic acids is 3. The van der Waals surface area contributed by atoms with Crippen LogP contribution < -0.4 is 19.5 Å². The molecule has 1 N–H and O–H groups in total. The maximum Gasteiger partial charge on any atom is 0.293 e. The summed E-state index contributed by atoms with van der Waals surface area (Å²) >= 11 is 6.60. The zero-order valence-corrected chi connectivity index (χ0v) is 19.1. The number of carbonyl (C=O) groups is 3. The summed E-state index contributed by atoms with van der Waals surface area (Å²) in [5.41, 5.74) is 0.939. The molecule has 0 radical (unpaired) electrons. The predicted octanol–water partition coefficient (Wildman–Crippen LogP) is 3.23. The maximum absolute atomic E-state index is 12.7. The summed E-state index contributed by atoms with van der Waals surface area (Å²) < 4.78 is 15.9. The van der Waals surface area contributed by atoms with Crippen LogP contribution in [0.2, 0.25) is 5.15 Å². The third-order valence-electron chi connectivity index (χ3n) is 4.47. The Morgan fingerprint density at radius 3 is 2.44 bits per heavy atom. The fraction of sp³-hybridized carbons (Fsp3) is 0.238. The van der Waals surface area contributed by atoms with Crippen LogP contribution >= 0.6 is 23.4 Å². The molecule has 3 amide bonds. The Morgan fingerprint density at radius 1 is 1.16 bits per heavy atom. The number of hydrogen-bond donors (Lipinski definition) is 1. The molecule has 2 heterocycles. The fourth-order valence-electron chi connectivity index (χ4n) is 2.96. The highest BCUT2D eigenvalue weighted by Crippen LogP contribution is 2.40. The van der Waals surface area contributed by atoms with E-state index >= 15 is 0 Å².